The van der Waals surface area contributed by atoms with E-state index in [-0.39, 0.29) is 5.92 Å². The van der Waals surface area contributed by atoms with E-state index in [0.717, 1.165) is 51.6 Å². The summed E-state index contributed by atoms with van der Waals surface area (Å²) in [6, 6.07) is 8.22. The maximum Gasteiger partial charge on any atom is 0.222 e. The Morgan fingerprint density at radius 1 is 1.13 bits per heavy atom. The standard InChI is InChI=1S/C24H29N5O2/c1-14(2)21-16(4)27-24(25)28-23(21)29-8-9-31-22-15(3)10-18(11-19(22)13-29)17-6-7-20(30-5)26-12-17/h6-7,10-12,14H,8-9,13H2,1-5H3,(H2,25,27,28). The molecule has 2 N–H and O–H groups in total. The van der Waals surface area contributed by atoms with E-state index in [0.29, 0.717) is 25.0 Å². The van der Waals surface area contributed by atoms with Gasteiger partial charge in [-0.15, -0.1) is 0 Å². The van der Waals surface area contributed by atoms with Gasteiger partial charge in [0.2, 0.25) is 11.8 Å². The van der Waals surface area contributed by atoms with Crippen molar-refractivity contribution in [2.75, 3.05) is 30.9 Å². The number of hydrogen-bond donors (Lipinski definition) is 1. The van der Waals surface area contributed by atoms with Crippen LogP contribution in [0.25, 0.3) is 11.1 Å². The molecule has 31 heavy (non-hydrogen) atoms. The average molecular weight is 420 g/mol. The fourth-order valence-corrected chi connectivity index (χ4v) is 4.24. The van der Waals surface area contributed by atoms with Crippen LogP contribution in [-0.4, -0.2) is 35.2 Å². The van der Waals surface area contributed by atoms with Gasteiger partial charge in [0.25, 0.3) is 0 Å². The summed E-state index contributed by atoms with van der Waals surface area (Å²) in [6.45, 7) is 10.4. The summed E-state index contributed by atoms with van der Waals surface area (Å²) < 4.78 is 11.4. The summed E-state index contributed by atoms with van der Waals surface area (Å²) in [7, 11) is 1.62. The fourth-order valence-electron chi connectivity index (χ4n) is 4.24. The number of methoxy groups -OCH3 is 1. The molecule has 2 aromatic heterocycles. The summed E-state index contributed by atoms with van der Waals surface area (Å²) >= 11 is 0. The first-order valence-corrected chi connectivity index (χ1v) is 10.5. The van der Waals surface area contributed by atoms with Crippen LogP contribution in [0.2, 0.25) is 0 Å². The number of anilines is 2. The van der Waals surface area contributed by atoms with Crippen molar-refractivity contribution in [1.29, 1.82) is 0 Å². The van der Waals surface area contributed by atoms with Crippen LogP contribution in [-0.2, 0) is 6.54 Å². The molecule has 7 nitrogen and oxygen atoms in total. The Morgan fingerprint density at radius 3 is 2.61 bits per heavy atom. The Kier molecular flexibility index (Phi) is 5.67. The van der Waals surface area contributed by atoms with Crippen LogP contribution in [0.15, 0.2) is 30.5 Å². The van der Waals surface area contributed by atoms with Crippen LogP contribution in [0.1, 0.15) is 42.1 Å². The first kappa shape index (κ1) is 20.9. The van der Waals surface area contributed by atoms with Crippen molar-refractivity contribution in [1.82, 2.24) is 15.0 Å². The molecule has 0 spiro atoms. The molecule has 1 aliphatic heterocycles. The third-order valence-electron chi connectivity index (χ3n) is 5.61. The number of ether oxygens (including phenoxy) is 2. The molecule has 0 saturated heterocycles. The van der Waals surface area contributed by atoms with Gasteiger partial charge in [-0.1, -0.05) is 13.8 Å². The van der Waals surface area contributed by atoms with Crippen LogP contribution >= 0.6 is 0 Å². The van der Waals surface area contributed by atoms with Crippen molar-refractivity contribution >= 4 is 11.8 Å². The van der Waals surface area contributed by atoms with Crippen LogP contribution in [0, 0.1) is 13.8 Å². The molecule has 0 aliphatic carbocycles. The Morgan fingerprint density at radius 2 is 1.94 bits per heavy atom. The van der Waals surface area contributed by atoms with Crippen molar-refractivity contribution in [2.24, 2.45) is 0 Å². The number of nitrogen functional groups attached to an aromatic ring is 1. The zero-order valence-electron chi connectivity index (χ0n) is 18.8. The van der Waals surface area contributed by atoms with Crippen LogP contribution in [0.4, 0.5) is 11.8 Å². The number of benzene rings is 1. The Labute approximate surface area is 183 Å². The minimum Gasteiger partial charge on any atom is -0.491 e. The van der Waals surface area contributed by atoms with E-state index >= 15 is 0 Å². The molecule has 0 bridgehead atoms. The molecule has 0 amide bonds. The number of pyridine rings is 1. The molecule has 3 heterocycles. The molecular formula is C24H29N5O2. The summed E-state index contributed by atoms with van der Waals surface area (Å²) in [5.74, 6) is 3.03. The van der Waals surface area contributed by atoms with E-state index in [4.69, 9.17) is 15.2 Å². The second-order valence-electron chi connectivity index (χ2n) is 8.20. The summed E-state index contributed by atoms with van der Waals surface area (Å²) in [5.41, 5.74) is 12.4. The van der Waals surface area contributed by atoms with E-state index in [1.807, 2.05) is 25.3 Å². The van der Waals surface area contributed by atoms with E-state index in [2.05, 4.69) is 52.8 Å². The maximum absolute atomic E-state index is 6.17. The first-order chi connectivity index (χ1) is 14.9. The molecule has 0 fully saturated rings. The van der Waals surface area contributed by atoms with E-state index < -0.39 is 0 Å². The average Bonchev–Trinajstić information content (AvgIpc) is 2.96. The summed E-state index contributed by atoms with van der Waals surface area (Å²) in [4.78, 5) is 15.6. The lowest BCUT2D eigenvalue weighted by Gasteiger charge is -2.26. The molecule has 4 rings (SSSR count). The number of fused-ring (bicyclic) bond motifs is 1. The molecular weight excluding hydrogens is 390 g/mol. The topological polar surface area (TPSA) is 86.4 Å². The number of nitrogens with zero attached hydrogens (tertiary/aromatic N) is 4. The molecule has 0 unspecified atom stereocenters. The van der Waals surface area contributed by atoms with Gasteiger partial charge in [-0.05, 0) is 49.1 Å². The number of hydrogen-bond acceptors (Lipinski definition) is 7. The monoisotopic (exact) mass is 419 g/mol. The van der Waals surface area contributed by atoms with Gasteiger partial charge in [0.1, 0.15) is 18.2 Å². The van der Waals surface area contributed by atoms with Gasteiger partial charge < -0.3 is 20.1 Å². The van der Waals surface area contributed by atoms with Gasteiger partial charge >= 0.3 is 0 Å². The maximum atomic E-state index is 6.17. The number of aryl methyl sites for hydroxylation is 2. The zero-order valence-corrected chi connectivity index (χ0v) is 18.8. The Hall–Kier alpha value is -3.35. The van der Waals surface area contributed by atoms with Gasteiger partial charge in [0, 0.05) is 41.2 Å². The summed E-state index contributed by atoms with van der Waals surface area (Å²) in [5, 5.41) is 0. The summed E-state index contributed by atoms with van der Waals surface area (Å²) in [6.07, 6.45) is 1.83. The number of nitrogens with two attached hydrogens (primary N) is 1. The largest absolute Gasteiger partial charge is 0.491 e. The van der Waals surface area contributed by atoms with Crippen molar-refractivity contribution < 1.29 is 9.47 Å². The molecule has 1 aromatic carbocycles. The van der Waals surface area contributed by atoms with Gasteiger partial charge in [0.05, 0.1) is 13.7 Å². The lowest BCUT2D eigenvalue weighted by Crippen LogP contribution is -2.28. The van der Waals surface area contributed by atoms with Crippen molar-refractivity contribution in [3.05, 3.63) is 52.8 Å². The predicted octanol–water partition coefficient (Wildman–Crippen LogP) is 4.27. The normalized spacial score (nSPS) is 13.5. The molecule has 1 aliphatic rings. The lowest BCUT2D eigenvalue weighted by atomic mass is 9.99. The molecule has 162 valence electrons. The molecule has 7 heteroatoms. The second-order valence-corrected chi connectivity index (χ2v) is 8.20. The highest BCUT2D eigenvalue weighted by atomic mass is 16.5. The third kappa shape index (κ3) is 4.13. The van der Waals surface area contributed by atoms with E-state index in [1.54, 1.807) is 7.11 Å². The highest BCUT2D eigenvalue weighted by molar-refractivity contribution is 5.68. The molecule has 3 aromatic rings. The fraction of sp³-hybridized carbons (Fsp3) is 0.375. The van der Waals surface area contributed by atoms with Crippen LogP contribution in [0.3, 0.4) is 0 Å². The highest BCUT2D eigenvalue weighted by Gasteiger charge is 2.24. The third-order valence-corrected chi connectivity index (χ3v) is 5.61. The van der Waals surface area contributed by atoms with Crippen molar-refractivity contribution in [3.63, 3.8) is 0 Å². The SMILES string of the molecule is COc1ccc(-c2cc(C)c3c(c2)CN(c2nc(N)nc(C)c2C(C)C)CCO3)cn1. The minimum absolute atomic E-state index is 0.290. The highest BCUT2D eigenvalue weighted by Crippen LogP contribution is 2.36. The number of rotatable bonds is 4. The zero-order chi connectivity index (χ0) is 22.1. The van der Waals surface area contributed by atoms with Crippen molar-refractivity contribution in [3.8, 4) is 22.8 Å². The van der Waals surface area contributed by atoms with E-state index in [1.165, 1.54) is 0 Å². The van der Waals surface area contributed by atoms with Gasteiger partial charge in [-0.2, -0.15) is 4.98 Å². The van der Waals surface area contributed by atoms with Crippen LogP contribution < -0.4 is 20.1 Å². The molecule has 0 saturated carbocycles. The predicted molar refractivity (Wildman–Crippen MR) is 123 cm³/mol. The van der Waals surface area contributed by atoms with Crippen LogP contribution in [0.5, 0.6) is 11.6 Å². The Bertz CT molecular complexity index is 1100. The number of aromatic nitrogens is 3. The lowest BCUT2D eigenvalue weighted by molar-refractivity contribution is 0.329. The quantitative estimate of drug-likeness (QED) is 0.676. The first-order valence-electron chi connectivity index (χ1n) is 10.5. The van der Waals surface area contributed by atoms with Gasteiger partial charge in [-0.3, -0.25) is 0 Å². The van der Waals surface area contributed by atoms with Gasteiger partial charge in [0.15, 0.2) is 0 Å². The molecule has 0 radical (unpaired) electrons. The second kappa shape index (κ2) is 8.41. The minimum atomic E-state index is 0.290. The molecule has 0 atom stereocenters. The van der Waals surface area contributed by atoms with Crippen molar-refractivity contribution in [2.45, 2.75) is 40.2 Å². The van der Waals surface area contributed by atoms with Gasteiger partial charge in [-0.25, -0.2) is 9.97 Å². The Balaban J connectivity index is 1.76. The van der Waals surface area contributed by atoms with E-state index in [9.17, 15) is 0 Å². The smallest absolute Gasteiger partial charge is 0.222 e.